The molecule has 1 aromatic rings. The van der Waals surface area contributed by atoms with E-state index >= 15 is 0 Å². The molecular formula is C14H15F3N2O4. The Kier molecular flexibility index (Phi) is 5.30. The summed E-state index contributed by atoms with van der Waals surface area (Å²) < 4.78 is 46.6. The number of oxime groups is 1. The lowest BCUT2D eigenvalue weighted by molar-refractivity contribution is -0.141. The fraction of sp³-hybridized carbons (Fsp3) is 0.429. The van der Waals surface area contributed by atoms with Crippen molar-refractivity contribution in [3.63, 3.8) is 0 Å². The highest BCUT2D eigenvalue weighted by molar-refractivity contribution is 5.99. The van der Waals surface area contributed by atoms with Crippen LogP contribution < -0.4 is 14.8 Å². The minimum absolute atomic E-state index is 0.447. The third kappa shape index (κ3) is 5.35. The Labute approximate surface area is 130 Å². The molecule has 0 bridgehead atoms. The van der Waals surface area contributed by atoms with Crippen LogP contribution in [0.4, 0.5) is 13.2 Å². The molecule has 0 saturated heterocycles. The molecular weight excluding hydrogens is 317 g/mol. The van der Waals surface area contributed by atoms with Gasteiger partial charge in [0.1, 0.15) is 19.8 Å². The number of nitrogens with one attached hydrogen (secondary N) is 1. The van der Waals surface area contributed by atoms with Gasteiger partial charge < -0.3 is 19.6 Å². The third-order valence-electron chi connectivity index (χ3n) is 2.84. The first-order valence-electron chi connectivity index (χ1n) is 6.75. The van der Waals surface area contributed by atoms with E-state index in [0.29, 0.717) is 36.0 Å². The topological polar surface area (TPSA) is 69.2 Å². The molecule has 1 aliphatic rings. The fourth-order valence-electron chi connectivity index (χ4n) is 1.76. The van der Waals surface area contributed by atoms with E-state index < -0.39 is 25.2 Å². The Balaban J connectivity index is 1.86. The van der Waals surface area contributed by atoms with Crippen LogP contribution in [0.15, 0.2) is 23.4 Å². The molecule has 0 saturated carbocycles. The lowest BCUT2D eigenvalue weighted by Crippen LogP contribution is -2.35. The van der Waals surface area contributed by atoms with Crippen LogP contribution in [0.3, 0.4) is 0 Å². The molecule has 1 aromatic carbocycles. The molecule has 23 heavy (non-hydrogen) atoms. The van der Waals surface area contributed by atoms with Gasteiger partial charge in [-0.3, -0.25) is 4.79 Å². The van der Waals surface area contributed by atoms with Crippen LogP contribution in [0.25, 0.3) is 0 Å². The summed E-state index contributed by atoms with van der Waals surface area (Å²) in [6, 6.07) is 5.17. The van der Waals surface area contributed by atoms with Crippen LogP contribution >= 0.6 is 0 Å². The summed E-state index contributed by atoms with van der Waals surface area (Å²) in [6.07, 6.45) is -4.46. The smallest absolute Gasteiger partial charge is 0.405 e. The van der Waals surface area contributed by atoms with Crippen LogP contribution in [0.2, 0.25) is 0 Å². The molecule has 6 nitrogen and oxygen atoms in total. The lowest BCUT2D eigenvalue weighted by atomic mass is 10.1. The number of amides is 1. The lowest BCUT2D eigenvalue weighted by Gasteiger charge is -2.18. The van der Waals surface area contributed by atoms with Gasteiger partial charge >= 0.3 is 6.18 Å². The second-order valence-corrected chi connectivity index (χ2v) is 4.70. The van der Waals surface area contributed by atoms with Gasteiger partial charge in [0.25, 0.3) is 5.91 Å². The molecule has 0 spiro atoms. The molecule has 0 aliphatic carbocycles. The van der Waals surface area contributed by atoms with Crippen LogP contribution in [0.1, 0.15) is 12.5 Å². The average Bonchev–Trinajstić information content (AvgIpc) is 2.51. The van der Waals surface area contributed by atoms with Gasteiger partial charge in [-0.05, 0) is 25.1 Å². The zero-order valence-corrected chi connectivity index (χ0v) is 12.3. The highest BCUT2D eigenvalue weighted by atomic mass is 19.4. The van der Waals surface area contributed by atoms with E-state index in [2.05, 4.69) is 5.16 Å². The Morgan fingerprint density at radius 2 is 2.00 bits per heavy atom. The Morgan fingerprint density at radius 3 is 2.70 bits per heavy atom. The van der Waals surface area contributed by atoms with Gasteiger partial charge in [0.2, 0.25) is 0 Å². The summed E-state index contributed by atoms with van der Waals surface area (Å²) in [5, 5.41) is 5.39. The van der Waals surface area contributed by atoms with Gasteiger partial charge in [-0.15, -0.1) is 0 Å². The molecule has 1 heterocycles. The van der Waals surface area contributed by atoms with Crippen molar-refractivity contribution in [2.24, 2.45) is 5.16 Å². The van der Waals surface area contributed by atoms with Crippen molar-refractivity contribution in [2.45, 2.75) is 13.1 Å². The molecule has 0 aromatic heterocycles. The molecule has 2 rings (SSSR count). The molecule has 9 heteroatoms. The summed E-state index contributed by atoms with van der Waals surface area (Å²) >= 11 is 0. The Bertz CT molecular complexity index is 602. The number of rotatable bonds is 5. The number of hydrogen-bond acceptors (Lipinski definition) is 5. The Hall–Kier alpha value is -2.45. The van der Waals surface area contributed by atoms with Crippen molar-refractivity contribution in [1.82, 2.24) is 5.32 Å². The zero-order chi connectivity index (χ0) is 16.9. The van der Waals surface area contributed by atoms with Gasteiger partial charge in [0.15, 0.2) is 18.1 Å². The van der Waals surface area contributed by atoms with Gasteiger partial charge in [-0.1, -0.05) is 5.16 Å². The minimum atomic E-state index is -4.46. The molecule has 0 fully saturated rings. The molecule has 0 radical (unpaired) electrons. The second-order valence-electron chi connectivity index (χ2n) is 4.70. The van der Waals surface area contributed by atoms with Crippen LogP contribution in [0, 0.1) is 0 Å². The molecule has 126 valence electrons. The summed E-state index contributed by atoms with van der Waals surface area (Å²) in [5.41, 5.74) is 1.13. The van der Waals surface area contributed by atoms with Crippen molar-refractivity contribution < 1.29 is 32.3 Å². The first-order chi connectivity index (χ1) is 10.8. The molecule has 1 amide bonds. The number of carbonyl (C=O) groups is 1. The van der Waals surface area contributed by atoms with Crippen molar-refractivity contribution in [3.8, 4) is 11.5 Å². The summed E-state index contributed by atoms with van der Waals surface area (Å²) in [5.74, 6) is 0.299. The highest BCUT2D eigenvalue weighted by Gasteiger charge is 2.27. The number of carbonyl (C=O) groups excluding carboxylic acids is 1. The second kappa shape index (κ2) is 7.21. The van der Waals surface area contributed by atoms with Crippen molar-refractivity contribution in [2.75, 3.05) is 26.4 Å². The average molecular weight is 332 g/mol. The largest absolute Gasteiger partial charge is 0.486 e. The fourth-order valence-corrected chi connectivity index (χ4v) is 1.76. The first kappa shape index (κ1) is 16.9. The van der Waals surface area contributed by atoms with Crippen LogP contribution in [-0.2, 0) is 9.63 Å². The maximum absolute atomic E-state index is 11.9. The van der Waals surface area contributed by atoms with E-state index in [4.69, 9.17) is 14.3 Å². The van der Waals surface area contributed by atoms with Gasteiger partial charge in [-0.2, -0.15) is 13.2 Å². The van der Waals surface area contributed by atoms with Gasteiger partial charge in [0.05, 0.1) is 5.71 Å². The van der Waals surface area contributed by atoms with Crippen molar-refractivity contribution in [3.05, 3.63) is 23.8 Å². The number of ether oxygens (including phenoxy) is 2. The van der Waals surface area contributed by atoms with Crippen LogP contribution in [-0.4, -0.2) is 44.2 Å². The maximum atomic E-state index is 11.9. The predicted octanol–water partition coefficient (Wildman–Crippen LogP) is 1.88. The molecule has 0 atom stereocenters. The highest BCUT2D eigenvalue weighted by Crippen LogP contribution is 2.30. The Morgan fingerprint density at radius 1 is 1.30 bits per heavy atom. The van der Waals surface area contributed by atoms with Gasteiger partial charge in [0, 0.05) is 5.56 Å². The van der Waals surface area contributed by atoms with E-state index in [0.717, 1.165) is 0 Å². The third-order valence-corrected chi connectivity index (χ3v) is 2.84. The summed E-state index contributed by atoms with van der Waals surface area (Å²) in [7, 11) is 0. The first-order valence-corrected chi connectivity index (χ1v) is 6.75. The maximum Gasteiger partial charge on any atom is 0.405 e. The number of benzene rings is 1. The van der Waals surface area contributed by atoms with E-state index in [1.807, 2.05) is 0 Å². The SMILES string of the molecule is C/C(=N/OCC(=O)NCC(F)(F)F)c1ccc2c(c1)OCCO2. The zero-order valence-electron chi connectivity index (χ0n) is 12.3. The number of hydrogen-bond donors (Lipinski definition) is 1. The van der Waals surface area contributed by atoms with E-state index in [1.54, 1.807) is 30.4 Å². The summed E-state index contributed by atoms with van der Waals surface area (Å²) in [6.45, 7) is 0.565. The number of halogens is 3. The number of fused-ring (bicyclic) bond motifs is 1. The van der Waals surface area contributed by atoms with E-state index in [-0.39, 0.29) is 0 Å². The predicted molar refractivity (Wildman–Crippen MR) is 74.7 cm³/mol. The minimum Gasteiger partial charge on any atom is -0.486 e. The molecule has 1 aliphatic heterocycles. The quantitative estimate of drug-likeness (QED) is 0.660. The van der Waals surface area contributed by atoms with Crippen LogP contribution in [0.5, 0.6) is 11.5 Å². The number of nitrogens with zero attached hydrogens (tertiary/aromatic N) is 1. The molecule has 0 unspecified atom stereocenters. The van der Waals surface area contributed by atoms with Crippen molar-refractivity contribution in [1.29, 1.82) is 0 Å². The van der Waals surface area contributed by atoms with E-state index in [1.165, 1.54) is 0 Å². The molecule has 1 N–H and O–H groups in total. The van der Waals surface area contributed by atoms with Gasteiger partial charge in [-0.25, -0.2) is 0 Å². The van der Waals surface area contributed by atoms with E-state index in [9.17, 15) is 18.0 Å². The van der Waals surface area contributed by atoms with Crippen molar-refractivity contribution >= 4 is 11.6 Å². The monoisotopic (exact) mass is 332 g/mol. The standard InChI is InChI=1S/C14H15F3N2O4/c1-9(19-23-7-13(20)18-8-14(15,16)17)10-2-3-11-12(6-10)22-5-4-21-11/h2-3,6H,4-5,7-8H2,1H3,(H,18,20)/b19-9-. The number of alkyl halides is 3. The summed E-state index contributed by atoms with van der Waals surface area (Å²) in [4.78, 5) is 15.9. The normalized spacial score (nSPS) is 14.3.